The number of thiol groups is 1. The van der Waals surface area contributed by atoms with Gasteiger partial charge >= 0.3 is 5.69 Å². The number of hydrogen-bond donors (Lipinski definition) is 1. The minimum atomic E-state index is -0.530. The summed E-state index contributed by atoms with van der Waals surface area (Å²) in [6.07, 6.45) is 2.07. The van der Waals surface area contributed by atoms with E-state index in [0.29, 0.717) is 12.4 Å². The molecule has 1 saturated carbocycles. The lowest BCUT2D eigenvalue weighted by atomic mass is 10.2. The van der Waals surface area contributed by atoms with Gasteiger partial charge in [-0.05, 0) is 18.6 Å². The average Bonchev–Trinajstić information content (AvgIpc) is 3.10. The van der Waals surface area contributed by atoms with E-state index in [0.717, 1.165) is 12.8 Å². The predicted octanol–water partition coefficient (Wildman–Crippen LogP) is 3.99. The zero-order chi connectivity index (χ0) is 13.3. The summed E-state index contributed by atoms with van der Waals surface area (Å²) in [5, 5.41) is 11.3. The number of ether oxygens (including phenoxy) is 1. The first kappa shape index (κ1) is 13.8. The monoisotopic (exact) mass is 307 g/mol. The summed E-state index contributed by atoms with van der Waals surface area (Å²) in [5.41, 5.74) is -0.109. The highest BCUT2D eigenvalue weighted by Crippen LogP contribution is 2.47. The Kier molecular flexibility index (Phi) is 3.94. The molecule has 1 fully saturated rings. The highest BCUT2D eigenvalue weighted by Gasteiger charge is 2.42. The maximum absolute atomic E-state index is 10.9. The summed E-state index contributed by atoms with van der Waals surface area (Å²) in [7, 11) is 0. The van der Waals surface area contributed by atoms with Crippen molar-refractivity contribution in [2.75, 3.05) is 12.4 Å². The molecule has 7 heteroatoms. The number of nitro benzene ring substituents is 1. The molecule has 0 unspecified atom stereocenters. The van der Waals surface area contributed by atoms with Gasteiger partial charge in [-0.1, -0.05) is 23.2 Å². The molecule has 0 radical (unpaired) electrons. The number of benzene rings is 1. The van der Waals surface area contributed by atoms with Crippen molar-refractivity contribution in [3.63, 3.8) is 0 Å². The minimum Gasteiger partial charge on any atom is -0.486 e. The summed E-state index contributed by atoms with van der Waals surface area (Å²) in [6.45, 7) is 0.412. The zero-order valence-corrected chi connectivity index (χ0v) is 11.8. The van der Waals surface area contributed by atoms with E-state index >= 15 is 0 Å². The Morgan fingerprint density at radius 1 is 1.39 bits per heavy atom. The van der Waals surface area contributed by atoms with Crippen molar-refractivity contribution >= 4 is 41.5 Å². The summed E-state index contributed by atoms with van der Waals surface area (Å²) in [5.74, 6) is 0.865. The number of halogens is 2. The van der Waals surface area contributed by atoms with Crippen LogP contribution in [-0.2, 0) is 0 Å². The van der Waals surface area contributed by atoms with Gasteiger partial charge in [-0.15, -0.1) is 0 Å². The third-order valence-electron chi connectivity index (χ3n) is 3.02. The maximum atomic E-state index is 10.9. The summed E-state index contributed by atoms with van der Waals surface area (Å²) < 4.78 is 5.52. The third-order valence-corrected chi connectivity index (χ3v) is 4.42. The Bertz CT molecular complexity index is 491. The maximum Gasteiger partial charge on any atom is 0.312 e. The van der Waals surface area contributed by atoms with E-state index in [1.165, 1.54) is 12.1 Å². The summed E-state index contributed by atoms with van der Waals surface area (Å²) in [4.78, 5) is 10.4. The van der Waals surface area contributed by atoms with Gasteiger partial charge in [0.2, 0.25) is 0 Å². The van der Waals surface area contributed by atoms with Gasteiger partial charge in [-0.25, -0.2) is 0 Å². The van der Waals surface area contributed by atoms with Gasteiger partial charge in [0, 0.05) is 17.5 Å². The first-order valence-electron chi connectivity index (χ1n) is 5.34. The molecule has 1 aliphatic carbocycles. The van der Waals surface area contributed by atoms with Gasteiger partial charge in [0.1, 0.15) is 0 Å². The second-order valence-corrected chi connectivity index (χ2v) is 5.57. The van der Waals surface area contributed by atoms with E-state index in [4.69, 9.17) is 27.9 Å². The fraction of sp³-hybridized carbons (Fsp3) is 0.455. The summed E-state index contributed by atoms with van der Waals surface area (Å²) in [6, 6.07) is 2.59. The van der Waals surface area contributed by atoms with Crippen molar-refractivity contribution in [2.24, 2.45) is 5.41 Å². The number of nitro groups is 1. The Morgan fingerprint density at radius 2 is 2.00 bits per heavy atom. The predicted molar refractivity (Wildman–Crippen MR) is 74.1 cm³/mol. The molecule has 0 heterocycles. The number of hydrogen-bond acceptors (Lipinski definition) is 4. The molecule has 0 bridgehead atoms. The Balaban J connectivity index is 2.20. The second-order valence-electron chi connectivity index (χ2n) is 4.44. The van der Waals surface area contributed by atoms with E-state index < -0.39 is 4.92 Å². The van der Waals surface area contributed by atoms with Crippen LogP contribution in [0.15, 0.2) is 12.1 Å². The first-order chi connectivity index (χ1) is 8.47. The molecule has 0 spiro atoms. The molecule has 1 aromatic rings. The van der Waals surface area contributed by atoms with Crippen molar-refractivity contribution in [1.29, 1.82) is 0 Å². The standard InChI is InChI=1S/C11H11Cl2NO3S/c12-7-3-9(14(15)16)10(4-8(7)13)17-5-11(6-18)1-2-11/h3-4,18H,1-2,5-6H2. The highest BCUT2D eigenvalue weighted by molar-refractivity contribution is 7.80. The highest BCUT2D eigenvalue weighted by atomic mass is 35.5. The summed E-state index contributed by atoms with van der Waals surface area (Å²) >= 11 is 15.8. The molecule has 0 amide bonds. The van der Waals surface area contributed by atoms with E-state index in [1.807, 2.05) is 0 Å². The molecule has 98 valence electrons. The Morgan fingerprint density at radius 3 is 2.50 bits per heavy atom. The average molecular weight is 308 g/mol. The molecule has 1 aromatic carbocycles. The normalized spacial score (nSPS) is 16.4. The molecular weight excluding hydrogens is 297 g/mol. The number of nitrogens with zero attached hydrogens (tertiary/aromatic N) is 1. The SMILES string of the molecule is O=[N+]([O-])c1cc(Cl)c(Cl)cc1OCC1(CS)CC1. The second kappa shape index (κ2) is 5.15. The Labute approximate surface area is 120 Å². The molecular formula is C11H11Cl2NO3S. The van der Waals surface area contributed by atoms with E-state index in [1.54, 1.807) is 0 Å². The van der Waals surface area contributed by atoms with Gasteiger partial charge < -0.3 is 4.74 Å². The van der Waals surface area contributed by atoms with Crippen LogP contribution in [0.1, 0.15) is 12.8 Å². The van der Waals surface area contributed by atoms with Gasteiger partial charge in [0.25, 0.3) is 0 Å². The van der Waals surface area contributed by atoms with Crippen LogP contribution in [0.2, 0.25) is 10.0 Å². The first-order valence-corrected chi connectivity index (χ1v) is 6.73. The molecule has 0 saturated heterocycles. The topological polar surface area (TPSA) is 52.4 Å². The molecule has 0 aliphatic heterocycles. The third kappa shape index (κ3) is 2.84. The fourth-order valence-electron chi connectivity index (χ4n) is 1.53. The van der Waals surface area contributed by atoms with E-state index in [-0.39, 0.29) is 26.9 Å². The van der Waals surface area contributed by atoms with Crippen LogP contribution >= 0.6 is 35.8 Å². The van der Waals surface area contributed by atoms with Gasteiger partial charge in [0.15, 0.2) is 5.75 Å². The van der Waals surface area contributed by atoms with Crippen LogP contribution in [0.4, 0.5) is 5.69 Å². The van der Waals surface area contributed by atoms with Crippen LogP contribution in [-0.4, -0.2) is 17.3 Å². The molecule has 0 aromatic heterocycles. The minimum absolute atomic E-state index is 0.0586. The quantitative estimate of drug-likeness (QED) is 0.508. The van der Waals surface area contributed by atoms with Crippen molar-refractivity contribution in [2.45, 2.75) is 12.8 Å². The smallest absolute Gasteiger partial charge is 0.312 e. The Hall–Kier alpha value is -0.650. The van der Waals surface area contributed by atoms with Crippen LogP contribution in [0, 0.1) is 15.5 Å². The lowest BCUT2D eigenvalue weighted by molar-refractivity contribution is -0.385. The van der Waals surface area contributed by atoms with Gasteiger partial charge in [-0.2, -0.15) is 12.6 Å². The van der Waals surface area contributed by atoms with Crippen LogP contribution in [0.3, 0.4) is 0 Å². The van der Waals surface area contributed by atoms with Crippen LogP contribution in [0.5, 0.6) is 5.75 Å². The van der Waals surface area contributed by atoms with Gasteiger partial charge in [0.05, 0.1) is 21.6 Å². The lowest BCUT2D eigenvalue weighted by Gasteiger charge is -2.14. The van der Waals surface area contributed by atoms with Gasteiger partial charge in [-0.3, -0.25) is 10.1 Å². The van der Waals surface area contributed by atoms with Crippen molar-refractivity contribution in [3.05, 3.63) is 32.3 Å². The zero-order valence-electron chi connectivity index (χ0n) is 9.36. The van der Waals surface area contributed by atoms with Crippen LogP contribution in [0.25, 0.3) is 0 Å². The molecule has 1 aliphatic rings. The van der Waals surface area contributed by atoms with E-state index in [9.17, 15) is 10.1 Å². The van der Waals surface area contributed by atoms with Crippen molar-refractivity contribution in [3.8, 4) is 5.75 Å². The van der Waals surface area contributed by atoms with Crippen molar-refractivity contribution in [1.82, 2.24) is 0 Å². The van der Waals surface area contributed by atoms with Crippen molar-refractivity contribution < 1.29 is 9.66 Å². The molecule has 0 atom stereocenters. The fourth-order valence-corrected chi connectivity index (χ4v) is 2.25. The molecule has 4 nitrogen and oxygen atoms in total. The molecule has 2 rings (SSSR count). The number of rotatable bonds is 5. The molecule has 0 N–H and O–H groups in total. The lowest BCUT2D eigenvalue weighted by Crippen LogP contribution is -2.15. The molecule has 18 heavy (non-hydrogen) atoms. The van der Waals surface area contributed by atoms with Crippen LogP contribution < -0.4 is 4.74 Å². The largest absolute Gasteiger partial charge is 0.486 e. The van der Waals surface area contributed by atoms with E-state index in [2.05, 4.69) is 12.6 Å².